The van der Waals surface area contributed by atoms with Crippen molar-refractivity contribution in [2.24, 2.45) is 0 Å². The van der Waals surface area contributed by atoms with Gasteiger partial charge in [-0.3, -0.25) is 4.57 Å². The first kappa shape index (κ1) is 21.2. The summed E-state index contributed by atoms with van der Waals surface area (Å²) in [4.78, 5) is 18.1. The summed E-state index contributed by atoms with van der Waals surface area (Å²) in [6.45, 7) is 2.04. The Bertz CT molecular complexity index is 1220. The van der Waals surface area contributed by atoms with Crippen molar-refractivity contribution in [3.05, 3.63) is 84.6 Å². The highest BCUT2D eigenvalue weighted by atomic mass is 16.5. The Morgan fingerprint density at radius 1 is 0.844 bits per heavy atom. The van der Waals surface area contributed by atoms with E-state index in [0.717, 1.165) is 16.8 Å². The van der Waals surface area contributed by atoms with Crippen molar-refractivity contribution in [3.63, 3.8) is 0 Å². The molecule has 0 saturated heterocycles. The summed E-state index contributed by atoms with van der Waals surface area (Å²) in [5, 5.41) is 0. The Kier molecular flexibility index (Phi) is 6.22. The van der Waals surface area contributed by atoms with Gasteiger partial charge in [-0.15, -0.1) is 0 Å². The molecule has 0 spiro atoms. The van der Waals surface area contributed by atoms with E-state index in [1.807, 2.05) is 77.4 Å². The average molecular weight is 428 g/mol. The zero-order valence-corrected chi connectivity index (χ0v) is 18.2. The summed E-state index contributed by atoms with van der Waals surface area (Å²) >= 11 is 0. The third kappa shape index (κ3) is 3.95. The van der Waals surface area contributed by atoms with Crippen LogP contribution in [-0.2, 0) is 4.74 Å². The summed E-state index contributed by atoms with van der Waals surface area (Å²) < 4.78 is 18.1. The maximum Gasteiger partial charge on any atom is 0.357 e. The van der Waals surface area contributed by atoms with Crippen molar-refractivity contribution in [2.45, 2.75) is 6.92 Å². The standard InChI is InChI=1S/C26H24N2O4/c1-4-32-26(29)24-23(19-15-16-21(30-2)22(17-19)31-3)27-25(18-11-7-5-8-12-18)28(24)20-13-9-6-10-14-20/h5-17H,4H2,1-3H3. The molecule has 0 saturated carbocycles. The molecule has 32 heavy (non-hydrogen) atoms. The molecule has 0 aliphatic rings. The lowest BCUT2D eigenvalue weighted by Crippen LogP contribution is -2.13. The minimum atomic E-state index is -0.448. The van der Waals surface area contributed by atoms with Crippen LogP contribution in [0.15, 0.2) is 78.9 Å². The number of rotatable bonds is 7. The van der Waals surface area contributed by atoms with Gasteiger partial charge in [0.15, 0.2) is 17.2 Å². The van der Waals surface area contributed by atoms with Gasteiger partial charge >= 0.3 is 5.97 Å². The molecule has 0 aliphatic heterocycles. The number of nitrogens with zero attached hydrogens (tertiary/aromatic N) is 2. The van der Waals surface area contributed by atoms with Crippen molar-refractivity contribution in [2.75, 3.05) is 20.8 Å². The largest absolute Gasteiger partial charge is 0.493 e. The first-order valence-electron chi connectivity index (χ1n) is 10.3. The van der Waals surface area contributed by atoms with E-state index in [1.165, 1.54) is 0 Å². The molecule has 0 radical (unpaired) electrons. The van der Waals surface area contributed by atoms with E-state index >= 15 is 0 Å². The highest BCUT2D eigenvalue weighted by Gasteiger charge is 2.27. The van der Waals surface area contributed by atoms with Gasteiger partial charge in [-0.2, -0.15) is 0 Å². The number of methoxy groups -OCH3 is 2. The summed E-state index contributed by atoms with van der Waals surface area (Å²) in [6.07, 6.45) is 0. The second-order valence-electron chi connectivity index (χ2n) is 6.96. The van der Waals surface area contributed by atoms with Crippen LogP contribution in [0.4, 0.5) is 0 Å². The summed E-state index contributed by atoms with van der Waals surface area (Å²) in [5.74, 6) is 1.34. The number of imidazole rings is 1. The van der Waals surface area contributed by atoms with Crippen molar-refractivity contribution in [3.8, 4) is 39.8 Å². The van der Waals surface area contributed by atoms with Crippen LogP contribution in [0.1, 0.15) is 17.4 Å². The average Bonchev–Trinajstić information content (AvgIpc) is 3.25. The van der Waals surface area contributed by atoms with Gasteiger partial charge < -0.3 is 14.2 Å². The summed E-state index contributed by atoms with van der Waals surface area (Å²) in [5.41, 5.74) is 3.27. The van der Waals surface area contributed by atoms with Gasteiger partial charge in [-0.05, 0) is 37.3 Å². The van der Waals surface area contributed by atoms with Crippen LogP contribution in [0.3, 0.4) is 0 Å². The van der Waals surface area contributed by atoms with Crippen molar-refractivity contribution < 1.29 is 19.0 Å². The first-order valence-corrected chi connectivity index (χ1v) is 10.3. The maximum absolute atomic E-state index is 13.2. The van der Waals surface area contributed by atoms with Crippen molar-refractivity contribution in [1.29, 1.82) is 0 Å². The third-order valence-corrected chi connectivity index (χ3v) is 5.05. The summed E-state index contributed by atoms with van der Waals surface area (Å²) in [7, 11) is 3.16. The second-order valence-corrected chi connectivity index (χ2v) is 6.96. The van der Waals surface area contributed by atoms with Crippen LogP contribution in [0.25, 0.3) is 28.3 Å². The molecule has 4 rings (SSSR count). The lowest BCUT2D eigenvalue weighted by atomic mass is 10.1. The molecule has 0 unspecified atom stereocenters. The molecule has 162 valence electrons. The molecule has 0 bridgehead atoms. The van der Waals surface area contributed by atoms with Crippen molar-refractivity contribution >= 4 is 5.97 Å². The molecule has 0 fully saturated rings. The van der Waals surface area contributed by atoms with E-state index in [9.17, 15) is 4.79 Å². The van der Waals surface area contributed by atoms with Gasteiger partial charge in [0.2, 0.25) is 0 Å². The quantitative estimate of drug-likeness (QED) is 0.369. The zero-order chi connectivity index (χ0) is 22.5. The van der Waals surface area contributed by atoms with E-state index in [0.29, 0.717) is 28.7 Å². The van der Waals surface area contributed by atoms with E-state index in [-0.39, 0.29) is 6.61 Å². The van der Waals surface area contributed by atoms with Gasteiger partial charge in [-0.1, -0.05) is 48.5 Å². The molecule has 6 nitrogen and oxygen atoms in total. The lowest BCUT2D eigenvalue weighted by Gasteiger charge is -2.13. The van der Waals surface area contributed by atoms with E-state index in [2.05, 4.69) is 0 Å². The molecule has 0 amide bonds. The fourth-order valence-electron chi connectivity index (χ4n) is 3.60. The van der Waals surface area contributed by atoms with Crippen LogP contribution in [-0.4, -0.2) is 36.3 Å². The Balaban J connectivity index is 2.04. The van der Waals surface area contributed by atoms with Gasteiger partial charge in [0, 0.05) is 16.8 Å². The van der Waals surface area contributed by atoms with Crippen molar-refractivity contribution in [1.82, 2.24) is 9.55 Å². The monoisotopic (exact) mass is 428 g/mol. The number of esters is 1. The first-order chi connectivity index (χ1) is 15.7. The molecule has 3 aromatic carbocycles. The predicted octanol–water partition coefficient (Wildman–Crippen LogP) is 5.40. The Labute approximate surface area is 187 Å². The number of benzene rings is 3. The zero-order valence-electron chi connectivity index (χ0n) is 18.2. The van der Waals surface area contributed by atoms with E-state index in [4.69, 9.17) is 19.2 Å². The van der Waals surface area contributed by atoms with Crippen LogP contribution in [0.5, 0.6) is 11.5 Å². The van der Waals surface area contributed by atoms with Gasteiger partial charge in [0.1, 0.15) is 11.5 Å². The fourth-order valence-corrected chi connectivity index (χ4v) is 3.60. The normalized spacial score (nSPS) is 10.6. The second kappa shape index (κ2) is 9.39. The minimum absolute atomic E-state index is 0.255. The number of para-hydroxylation sites is 1. The van der Waals surface area contributed by atoms with Crippen LogP contribution < -0.4 is 9.47 Å². The Morgan fingerprint density at radius 2 is 1.50 bits per heavy atom. The smallest absolute Gasteiger partial charge is 0.357 e. The highest BCUT2D eigenvalue weighted by Crippen LogP contribution is 2.37. The van der Waals surface area contributed by atoms with Crippen LogP contribution >= 0.6 is 0 Å². The van der Waals surface area contributed by atoms with Gasteiger partial charge in [0.05, 0.1) is 20.8 Å². The molecule has 0 N–H and O–H groups in total. The minimum Gasteiger partial charge on any atom is -0.493 e. The topological polar surface area (TPSA) is 62.6 Å². The SMILES string of the molecule is CCOC(=O)c1c(-c2ccc(OC)c(OC)c2)nc(-c2ccccc2)n1-c1ccccc1. The van der Waals surface area contributed by atoms with Crippen LogP contribution in [0, 0.1) is 0 Å². The highest BCUT2D eigenvalue weighted by molar-refractivity contribution is 5.97. The molecule has 4 aromatic rings. The molecule has 6 heteroatoms. The number of carbonyl (C=O) groups excluding carboxylic acids is 1. The molecular formula is C26H24N2O4. The van der Waals surface area contributed by atoms with E-state index in [1.54, 1.807) is 27.2 Å². The number of hydrogen-bond donors (Lipinski definition) is 0. The number of carbonyl (C=O) groups is 1. The number of hydrogen-bond acceptors (Lipinski definition) is 5. The maximum atomic E-state index is 13.2. The molecule has 0 aliphatic carbocycles. The lowest BCUT2D eigenvalue weighted by molar-refractivity contribution is 0.0518. The summed E-state index contributed by atoms with van der Waals surface area (Å²) in [6, 6.07) is 24.9. The Hall–Kier alpha value is -4.06. The third-order valence-electron chi connectivity index (χ3n) is 5.05. The molecule has 0 atom stereocenters. The van der Waals surface area contributed by atoms with Gasteiger partial charge in [0.25, 0.3) is 0 Å². The molecule has 1 heterocycles. The van der Waals surface area contributed by atoms with Gasteiger partial charge in [-0.25, -0.2) is 9.78 Å². The predicted molar refractivity (Wildman–Crippen MR) is 123 cm³/mol. The molecular weight excluding hydrogens is 404 g/mol. The number of ether oxygens (including phenoxy) is 3. The molecule has 1 aromatic heterocycles. The fraction of sp³-hybridized carbons (Fsp3) is 0.154. The Morgan fingerprint density at radius 3 is 2.12 bits per heavy atom. The van der Waals surface area contributed by atoms with Crippen LogP contribution in [0.2, 0.25) is 0 Å². The van der Waals surface area contributed by atoms with E-state index < -0.39 is 5.97 Å². The number of aromatic nitrogens is 2.